The van der Waals surface area contributed by atoms with Gasteiger partial charge in [-0.25, -0.2) is 9.78 Å². The summed E-state index contributed by atoms with van der Waals surface area (Å²) in [5.74, 6) is -1.24. The molecule has 31 heavy (non-hydrogen) atoms. The van der Waals surface area contributed by atoms with Gasteiger partial charge < -0.3 is 10.5 Å². The highest BCUT2D eigenvalue weighted by Crippen LogP contribution is 2.39. The molecule has 160 valence electrons. The molecule has 2 N–H and O–H groups in total. The van der Waals surface area contributed by atoms with Crippen LogP contribution in [0.5, 0.6) is 0 Å². The number of benzene rings is 2. The molecule has 0 aliphatic heterocycles. The maximum atomic E-state index is 13.0. The molecule has 0 atom stereocenters. The second-order valence-corrected chi connectivity index (χ2v) is 9.39. The minimum atomic E-state index is -1.26. The first-order chi connectivity index (χ1) is 14.9. The molecule has 2 aromatic carbocycles. The number of hydrogen-bond donors (Lipinski definition) is 1. The summed E-state index contributed by atoms with van der Waals surface area (Å²) in [6.07, 6.45) is 3.45. The normalized spacial score (nSPS) is 15.4. The van der Waals surface area contributed by atoms with Crippen LogP contribution < -0.4 is 5.73 Å². The lowest BCUT2D eigenvalue weighted by atomic mass is 9.84. The second kappa shape index (κ2) is 8.99. The van der Waals surface area contributed by atoms with E-state index in [0.29, 0.717) is 28.6 Å². The average Bonchev–Trinajstić information content (AvgIpc) is 3.21. The van der Waals surface area contributed by atoms with Gasteiger partial charge in [-0.3, -0.25) is 4.79 Å². The molecule has 0 radical (unpaired) electrons. The van der Waals surface area contributed by atoms with Gasteiger partial charge in [0.2, 0.25) is 5.01 Å². The van der Waals surface area contributed by atoms with E-state index in [1.54, 1.807) is 24.3 Å². The van der Waals surface area contributed by atoms with Gasteiger partial charge in [-0.2, -0.15) is 0 Å². The number of amides is 1. The fraction of sp³-hybridized carbons (Fsp3) is 0.261. The van der Waals surface area contributed by atoms with Gasteiger partial charge in [-0.05, 0) is 55.5 Å². The minimum Gasteiger partial charge on any atom is -0.444 e. The number of ether oxygens (including phenoxy) is 1. The molecule has 1 aromatic heterocycles. The van der Waals surface area contributed by atoms with Crippen molar-refractivity contribution >= 4 is 46.4 Å². The smallest absolute Gasteiger partial charge is 0.368 e. The van der Waals surface area contributed by atoms with Gasteiger partial charge in [0, 0.05) is 15.6 Å². The third kappa shape index (κ3) is 4.61. The van der Waals surface area contributed by atoms with Gasteiger partial charge in [-0.1, -0.05) is 53.9 Å². The molecule has 1 aliphatic carbocycles. The second-order valence-electron chi connectivity index (χ2n) is 7.52. The highest BCUT2D eigenvalue weighted by atomic mass is 35.5. The predicted octanol–water partition coefficient (Wildman–Crippen LogP) is 6.13. The highest BCUT2D eigenvalue weighted by Gasteiger charge is 2.42. The number of nitrogens with zero attached hydrogens (tertiary/aromatic N) is 1. The Morgan fingerprint density at radius 2 is 1.45 bits per heavy atom. The first-order valence-corrected chi connectivity index (χ1v) is 11.5. The first kappa shape index (κ1) is 21.8. The number of carbonyl (C=O) groups is 2. The average molecular weight is 475 g/mol. The van der Waals surface area contributed by atoms with Crippen LogP contribution in [0.3, 0.4) is 0 Å². The Kier molecular flexibility index (Phi) is 6.32. The van der Waals surface area contributed by atoms with Crippen molar-refractivity contribution in [3.8, 4) is 21.7 Å². The van der Waals surface area contributed by atoms with E-state index in [9.17, 15) is 9.59 Å². The summed E-state index contributed by atoms with van der Waals surface area (Å²) in [4.78, 5) is 30.5. The molecule has 8 heteroatoms. The summed E-state index contributed by atoms with van der Waals surface area (Å²) in [7, 11) is 0. The molecular formula is C23H20Cl2N2O3S. The topological polar surface area (TPSA) is 82.3 Å². The number of aromatic nitrogens is 1. The van der Waals surface area contributed by atoms with E-state index in [0.717, 1.165) is 35.3 Å². The van der Waals surface area contributed by atoms with Crippen molar-refractivity contribution in [3.05, 3.63) is 63.6 Å². The van der Waals surface area contributed by atoms with Crippen molar-refractivity contribution in [2.24, 2.45) is 5.73 Å². The van der Waals surface area contributed by atoms with E-state index in [1.807, 2.05) is 24.3 Å². The zero-order chi connectivity index (χ0) is 22.0. The van der Waals surface area contributed by atoms with Gasteiger partial charge in [0.05, 0.1) is 10.6 Å². The monoisotopic (exact) mass is 474 g/mol. The van der Waals surface area contributed by atoms with Crippen LogP contribution in [0, 0.1) is 0 Å². The highest BCUT2D eigenvalue weighted by molar-refractivity contribution is 7.17. The summed E-state index contributed by atoms with van der Waals surface area (Å²) in [5.41, 5.74) is 6.67. The molecule has 1 heterocycles. The van der Waals surface area contributed by atoms with Crippen molar-refractivity contribution in [2.45, 2.75) is 37.7 Å². The van der Waals surface area contributed by atoms with Crippen molar-refractivity contribution < 1.29 is 14.3 Å². The molecule has 1 aliphatic rings. The SMILES string of the molecule is NC(=O)C1(OC(=O)c2nc(-c3ccc(Cl)cc3)c(-c3ccc(Cl)cc3)s2)CCCCC1. The Morgan fingerprint density at radius 1 is 0.903 bits per heavy atom. The van der Waals surface area contributed by atoms with E-state index in [-0.39, 0.29) is 5.01 Å². The summed E-state index contributed by atoms with van der Waals surface area (Å²) in [6.45, 7) is 0. The van der Waals surface area contributed by atoms with Crippen LogP contribution >= 0.6 is 34.5 Å². The molecule has 1 saturated carbocycles. The van der Waals surface area contributed by atoms with Crippen LogP contribution in [0.1, 0.15) is 41.9 Å². The molecule has 4 rings (SSSR count). The van der Waals surface area contributed by atoms with Gasteiger partial charge in [-0.15, -0.1) is 11.3 Å². The van der Waals surface area contributed by atoms with Crippen LogP contribution in [0.15, 0.2) is 48.5 Å². The molecule has 1 amide bonds. The lowest BCUT2D eigenvalue weighted by molar-refractivity contribution is -0.140. The van der Waals surface area contributed by atoms with Crippen molar-refractivity contribution in [3.63, 3.8) is 0 Å². The van der Waals surface area contributed by atoms with Crippen LogP contribution in [-0.4, -0.2) is 22.5 Å². The van der Waals surface area contributed by atoms with Crippen LogP contribution in [0.4, 0.5) is 0 Å². The number of halogens is 2. The molecular weight excluding hydrogens is 455 g/mol. The Balaban J connectivity index is 1.73. The van der Waals surface area contributed by atoms with Crippen molar-refractivity contribution in [1.29, 1.82) is 0 Å². The third-order valence-corrected chi connectivity index (χ3v) is 7.01. The zero-order valence-corrected chi connectivity index (χ0v) is 18.9. The van der Waals surface area contributed by atoms with Gasteiger partial charge in [0.25, 0.3) is 5.91 Å². The van der Waals surface area contributed by atoms with E-state index < -0.39 is 17.5 Å². The van der Waals surface area contributed by atoms with Crippen LogP contribution in [0.2, 0.25) is 10.0 Å². The van der Waals surface area contributed by atoms with Crippen LogP contribution in [0.25, 0.3) is 21.7 Å². The standard InChI is InChI=1S/C23H20Cl2N2O3S/c24-16-8-4-14(5-9-16)18-19(15-6-10-17(25)11-7-15)31-20(27-18)21(28)30-23(22(26)29)12-2-1-3-13-23/h4-11H,1-3,12-13H2,(H2,26,29). The number of hydrogen-bond acceptors (Lipinski definition) is 5. The molecule has 0 bridgehead atoms. The van der Waals surface area contributed by atoms with Crippen molar-refractivity contribution in [1.82, 2.24) is 4.98 Å². The van der Waals surface area contributed by atoms with Crippen LogP contribution in [-0.2, 0) is 9.53 Å². The summed E-state index contributed by atoms with van der Waals surface area (Å²) >= 11 is 13.3. The number of thiazole rings is 1. The molecule has 5 nitrogen and oxygen atoms in total. The number of rotatable bonds is 5. The summed E-state index contributed by atoms with van der Waals surface area (Å²) < 4.78 is 5.70. The largest absolute Gasteiger partial charge is 0.444 e. The number of esters is 1. The fourth-order valence-corrected chi connectivity index (χ4v) is 4.97. The van der Waals surface area contributed by atoms with E-state index in [1.165, 1.54) is 11.3 Å². The quantitative estimate of drug-likeness (QED) is 0.450. The van der Waals surface area contributed by atoms with Gasteiger partial charge >= 0.3 is 5.97 Å². The maximum absolute atomic E-state index is 13.0. The van der Waals surface area contributed by atoms with E-state index in [4.69, 9.17) is 33.7 Å². The van der Waals surface area contributed by atoms with Gasteiger partial charge in [0.1, 0.15) is 0 Å². The fourth-order valence-electron chi connectivity index (χ4n) is 3.75. The van der Waals surface area contributed by atoms with E-state index >= 15 is 0 Å². The molecule has 1 fully saturated rings. The van der Waals surface area contributed by atoms with Gasteiger partial charge in [0.15, 0.2) is 5.60 Å². The Bertz CT molecular complexity index is 1040. The molecule has 0 unspecified atom stereocenters. The first-order valence-electron chi connectivity index (χ1n) is 9.94. The molecule has 0 saturated heterocycles. The number of carbonyl (C=O) groups excluding carboxylic acids is 2. The predicted molar refractivity (Wildman–Crippen MR) is 123 cm³/mol. The molecule has 3 aromatic rings. The summed E-state index contributed by atoms with van der Waals surface area (Å²) in [5, 5.41) is 1.38. The Labute approximate surface area is 194 Å². The molecule has 0 spiro atoms. The summed E-state index contributed by atoms with van der Waals surface area (Å²) in [6, 6.07) is 14.5. The minimum absolute atomic E-state index is 0.168. The Morgan fingerprint density at radius 3 is 2.00 bits per heavy atom. The Hall–Kier alpha value is -2.41. The number of nitrogens with two attached hydrogens (primary N) is 1. The van der Waals surface area contributed by atoms with Crippen molar-refractivity contribution in [2.75, 3.05) is 0 Å². The maximum Gasteiger partial charge on any atom is 0.368 e. The lowest BCUT2D eigenvalue weighted by Crippen LogP contribution is -2.49. The number of primary amides is 1. The third-order valence-electron chi connectivity index (χ3n) is 5.42. The van der Waals surface area contributed by atoms with E-state index in [2.05, 4.69) is 4.98 Å². The lowest BCUT2D eigenvalue weighted by Gasteiger charge is -2.33. The zero-order valence-electron chi connectivity index (χ0n) is 16.6.